The molecule has 16 heavy (non-hydrogen) atoms. The average molecular weight is 243 g/mol. The van der Waals surface area contributed by atoms with E-state index >= 15 is 0 Å². The molecular formula is C10H13ClN4O. The lowest BCUT2D eigenvalue weighted by atomic mass is 10.1. The number of aromatic nitrogens is 2. The van der Waals surface area contributed by atoms with Gasteiger partial charge in [-0.2, -0.15) is 4.98 Å². The van der Waals surface area contributed by atoms with E-state index in [1.807, 2.05) is 0 Å². The molecule has 6 heteroatoms. The van der Waals surface area contributed by atoms with Gasteiger partial charge in [0.15, 0.2) is 0 Å². The van der Waals surface area contributed by atoms with Gasteiger partial charge in [-0.25, -0.2) is 4.98 Å². The molecule has 2 atom stereocenters. The predicted octanol–water partition coefficient (Wildman–Crippen LogP) is 1.06. The Hall–Kier alpha value is -1.33. The van der Waals surface area contributed by atoms with Crippen LogP contribution in [0.2, 0.25) is 5.15 Å². The normalized spacial score (nSPS) is 26.4. The molecule has 1 aliphatic carbocycles. The van der Waals surface area contributed by atoms with Crippen LogP contribution in [0, 0.1) is 5.92 Å². The summed E-state index contributed by atoms with van der Waals surface area (Å²) < 4.78 is 14.5. The molecule has 1 aliphatic rings. The fourth-order valence-electron chi connectivity index (χ4n) is 1.60. The van der Waals surface area contributed by atoms with Crippen LogP contribution in [-0.4, -0.2) is 27.7 Å². The largest absolute Gasteiger partial charge is 0.396 e. The lowest BCUT2D eigenvalue weighted by Gasteiger charge is -2.13. The van der Waals surface area contributed by atoms with Crippen molar-refractivity contribution in [2.24, 2.45) is 5.92 Å². The average Bonchev–Trinajstić information content (AvgIpc) is 2.63. The van der Waals surface area contributed by atoms with E-state index in [1.54, 1.807) is 12.2 Å². The maximum absolute atomic E-state index is 9.28. The number of anilines is 2. The van der Waals surface area contributed by atoms with Gasteiger partial charge >= 0.3 is 0 Å². The van der Waals surface area contributed by atoms with Crippen LogP contribution >= 0.6 is 11.6 Å². The molecule has 0 fully saturated rings. The third kappa shape index (κ3) is 2.62. The van der Waals surface area contributed by atoms with Crippen LogP contribution in [-0.2, 0) is 0 Å². The van der Waals surface area contributed by atoms with Gasteiger partial charge in [0.1, 0.15) is 11.0 Å². The van der Waals surface area contributed by atoms with Crippen LogP contribution in [0.1, 0.15) is 9.16 Å². The minimum absolute atomic E-state index is 0.0704. The molecule has 4 N–H and O–H groups in total. The molecule has 0 spiro atoms. The van der Waals surface area contributed by atoms with Gasteiger partial charge in [-0.1, -0.05) is 23.8 Å². The standard InChI is InChI=1S/C10H13ClN4O/c11-8-4-9(15-10(12)14-8)13-7-2-1-6(3-7)5-16/h1-2,4,6-7,16H,3,5H2,(H3,12,13,14,15)/t6-,7+/m1/s1/i5D2. The highest BCUT2D eigenvalue weighted by Crippen LogP contribution is 2.21. The van der Waals surface area contributed by atoms with Gasteiger partial charge in [-0.3, -0.25) is 0 Å². The van der Waals surface area contributed by atoms with Gasteiger partial charge in [0.2, 0.25) is 5.95 Å². The summed E-state index contributed by atoms with van der Waals surface area (Å²) >= 11 is 5.75. The van der Waals surface area contributed by atoms with Gasteiger partial charge in [-0.15, -0.1) is 0 Å². The Labute approximate surface area is 101 Å². The van der Waals surface area contributed by atoms with Crippen LogP contribution in [0.25, 0.3) is 0 Å². The Morgan fingerprint density at radius 2 is 2.44 bits per heavy atom. The lowest BCUT2D eigenvalue weighted by Crippen LogP contribution is -2.17. The van der Waals surface area contributed by atoms with Gasteiger partial charge in [0.25, 0.3) is 0 Å². The molecule has 86 valence electrons. The van der Waals surface area contributed by atoms with Crippen molar-refractivity contribution in [1.82, 2.24) is 9.97 Å². The topological polar surface area (TPSA) is 84.1 Å². The molecule has 0 aromatic carbocycles. The summed E-state index contributed by atoms with van der Waals surface area (Å²) in [5, 5.41) is 12.6. The van der Waals surface area contributed by atoms with E-state index in [4.69, 9.17) is 20.1 Å². The zero-order valence-corrected chi connectivity index (χ0v) is 9.15. The van der Waals surface area contributed by atoms with Crippen molar-refractivity contribution in [2.75, 3.05) is 17.6 Å². The number of rotatable bonds is 3. The summed E-state index contributed by atoms with van der Waals surface area (Å²) in [5.41, 5.74) is 5.47. The van der Waals surface area contributed by atoms with Gasteiger partial charge in [-0.05, 0) is 6.42 Å². The molecule has 0 aliphatic heterocycles. The molecule has 0 saturated heterocycles. The predicted molar refractivity (Wildman–Crippen MR) is 63.2 cm³/mol. The number of nitrogens with two attached hydrogens (primary N) is 1. The fraction of sp³-hybridized carbons (Fsp3) is 0.400. The molecule has 0 bridgehead atoms. The van der Waals surface area contributed by atoms with E-state index in [2.05, 4.69) is 15.3 Å². The summed E-state index contributed by atoms with van der Waals surface area (Å²) in [7, 11) is 0. The quantitative estimate of drug-likeness (QED) is 0.545. The van der Waals surface area contributed by atoms with Crippen LogP contribution < -0.4 is 11.1 Å². The Bertz CT molecular complexity index is 457. The highest BCUT2D eigenvalue weighted by atomic mass is 35.5. The number of nitrogen functional groups attached to an aromatic ring is 1. The minimum atomic E-state index is -2.21. The van der Waals surface area contributed by atoms with E-state index in [9.17, 15) is 5.11 Å². The van der Waals surface area contributed by atoms with Gasteiger partial charge in [0.05, 0.1) is 2.74 Å². The highest BCUT2D eigenvalue weighted by Gasteiger charge is 2.18. The second-order valence-corrected chi connectivity index (χ2v) is 3.93. The van der Waals surface area contributed by atoms with Gasteiger partial charge < -0.3 is 16.2 Å². The monoisotopic (exact) mass is 242 g/mol. The number of nitrogens with one attached hydrogen (secondary N) is 1. The van der Waals surface area contributed by atoms with Crippen molar-refractivity contribution in [3.63, 3.8) is 0 Å². The number of hydrogen-bond donors (Lipinski definition) is 3. The lowest BCUT2D eigenvalue weighted by molar-refractivity contribution is 0.250. The summed E-state index contributed by atoms with van der Waals surface area (Å²) in [6, 6.07) is 1.41. The first-order chi connectivity index (χ1) is 8.34. The summed E-state index contributed by atoms with van der Waals surface area (Å²) in [6.45, 7) is -2.21. The molecule has 0 radical (unpaired) electrons. The van der Waals surface area contributed by atoms with Crippen LogP contribution in [0.5, 0.6) is 0 Å². The molecule has 0 unspecified atom stereocenters. The first-order valence-corrected chi connectivity index (χ1v) is 5.19. The van der Waals surface area contributed by atoms with Crippen LogP contribution in [0.4, 0.5) is 11.8 Å². The number of hydrogen-bond acceptors (Lipinski definition) is 5. The van der Waals surface area contributed by atoms with Crippen LogP contribution in [0.3, 0.4) is 0 Å². The second kappa shape index (κ2) is 4.67. The molecule has 5 nitrogen and oxygen atoms in total. The summed E-state index contributed by atoms with van der Waals surface area (Å²) in [4.78, 5) is 7.70. The molecule has 1 heterocycles. The number of halogens is 1. The van der Waals surface area contributed by atoms with E-state index in [0.29, 0.717) is 12.2 Å². The van der Waals surface area contributed by atoms with E-state index in [-0.39, 0.29) is 17.1 Å². The molecule has 1 aromatic heterocycles. The fourth-order valence-corrected chi connectivity index (χ4v) is 1.79. The Morgan fingerprint density at radius 1 is 1.62 bits per heavy atom. The minimum Gasteiger partial charge on any atom is -0.396 e. The Balaban J connectivity index is 2.02. The van der Waals surface area contributed by atoms with Crippen LogP contribution in [0.15, 0.2) is 18.2 Å². The first kappa shape index (κ1) is 8.78. The Kier molecular flexibility index (Phi) is 2.56. The third-order valence-electron chi connectivity index (χ3n) is 2.29. The third-order valence-corrected chi connectivity index (χ3v) is 2.49. The number of nitrogens with zero attached hydrogens (tertiary/aromatic N) is 2. The summed E-state index contributed by atoms with van der Waals surface area (Å²) in [6.07, 6.45) is 3.86. The van der Waals surface area contributed by atoms with E-state index in [0.717, 1.165) is 0 Å². The molecule has 0 amide bonds. The summed E-state index contributed by atoms with van der Waals surface area (Å²) in [5.74, 6) is 0.00646. The maximum atomic E-state index is 9.28. The SMILES string of the molecule is [2H]C([2H])(O)[C@@H]1C=C[C@H](Nc2cc(Cl)nc(N)n2)C1. The van der Waals surface area contributed by atoms with Crippen molar-refractivity contribution in [2.45, 2.75) is 12.5 Å². The van der Waals surface area contributed by atoms with E-state index < -0.39 is 12.5 Å². The smallest absolute Gasteiger partial charge is 0.223 e. The van der Waals surface area contributed by atoms with Gasteiger partial charge in [0, 0.05) is 24.6 Å². The first-order valence-electron chi connectivity index (χ1n) is 5.82. The molecule has 1 aromatic rings. The highest BCUT2D eigenvalue weighted by molar-refractivity contribution is 6.29. The number of aliphatic hydroxyl groups is 1. The van der Waals surface area contributed by atoms with Crippen molar-refractivity contribution in [3.8, 4) is 0 Å². The van der Waals surface area contributed by atoms with Crippen molar-refractivity contribution < 1.29 is 7.85 Å². The molecule has 0 saturated carbocycles. The maximum Gasteiger partial charge on any atom is 0.223 e. The second-order valence-electron chi connectivity index (χ2n) is 3.54. The molecular weight excluding hydrogens is 228 g/mol. The van der Waals surface area contributed by atoms with Crippen molar-refractivity contribution in [1.29, 1.82) is 0 Å². The van der Waals surface area contributed by atoms with E-state index in [1.165, 1.54) is 6.07 Å². The van der Waals surface area contributed by atoms with Crippen molar-refractivity contribution in [3.05, 3.63) is 23.4 Å². The molecule has 2 rings (SSSR count). The zero-order valence-electron chi connectivity index (χ0n) is 10.4. The Morgan fingerprint density at radius 3 is 3.06 bits per heavy atom. The zero-order chi connectivity index (χ0) is 13.3. The van der Waals surface area contributed by atoms with Crippen molar-refractivity contribution >= 4 is 23.4 Å².